The molecule has 1 amide bonds. The zero-order chi connectivity index (χ0) is 18.3. The molecule has 0 unspecified atom stereocenters. The summed E-state index contributed by atoms with van der Waals surface area (Å²) in [6, 6.07) is 9.58. The van der Waals surface area contributed by atoms with E-state index in [0.717, 1.165) is 12.8 Å². The zero-order valence-electron chi connectivity index (χ0n) is 14.3. The molecular formula is C18H22N2O4S. The average Bonchev–Trinajstić information content (AvgIpc) is 3.12. The summed E-state index contributed by atoms with van der Waals surface area (Å²) in [7, 11) is -1.93. The highest BCUT2D eigenvalue weighted by Gasteiger charge is 2.19. The van der Waals surface area contributed by atoms with Crippen LogP contribution >= 0.6 is 0 Å². The number of furan rings is 1. The summed E-state index contributed by atoms with van der Waals surface area (Å²) in [5.41, 5.74) is 0.518. The third kappa shape index (κ3) is 5.30. The molecule has 2 aromatic rings. The van der Waals surface area contributed by atoms with E-state index in [1.807, 2.05) is 6.92 Å². The van der Waals surface area contributed by atoms with Crippen LogP contribution in [-0.2, 0) is 14.8 Å². The number of hydrogen-bond donors (Lipinski definition) is 1. The number of nitrogens with one attached hydrogen (secondary N) is 1. The van der Waals surface area contributed by atoms with Crippen molar-refractivity contribution in [3.63, 3.8) is 0 Å². The Morgan fingerprint density at radius 2 is 1.96 bits per heavy atom. The van der Waals surface area contributed by atoms with E-state index >= 15 is 0 Å². The molecule has 0 radical (unpaired) electrons. The third-order valence-corrected chi connectivity index (χ3v) is 5.47. The highest BCUT2D eigenvalue weighted by atomic mass is 32.2. The van der Waals surface area contributed by atoms with Gasteiger partial charge in [0.25, 0.3) is 0 Å². The summed E-state index contributed by atoms with van der Waals surface area (Å²) in [6.07, 6.45) is 6.16. The van der Waals surface area contributed by atoms with Gasteiger partial charge in [0.2, 0.25) is 15.9 Å². The molecule has 7 heteroatoms. The van der Waals surface area contributed by atoms with Crippen molar-refractivity contribution in [2.24, 2.45) is 0 Å². The SMILES string of the molecule is CCCCN(C)S(=O)(=O)c1ccc(NC(=O)/C=C/c2ccco2)cc1. The van der Waals surface area contributed by atoms with Gasteiger partial charge in [0.15, 0.2) is 0 Å². The van der Waals surface area contributed by atoms with Crippen LogP contribution in [-0.4, -0.2) is 32.2 Å². The Balaban J connectivity index is 2.00. The molecule has 0 saturated heterocycles. The van der Waals surface area contributed by atoms with E-state index in [2.05, 4.69) is 5.32 Å². The maximum atomic E-state index is 12.4. The molecule has 134 valence electrons. The summed E-state index contributed by atoms with van der Waals surface area (Å²) in [4.78, 5) is 12.1. The normalized spacial score (nSPS) is 12.0. The predicted octanol–water partition coefficient (Wildman–Crippen LogP) is 3.35. The van der Waals surface area contributed by atoms with E-state index in [1.165, 1.54) is 28.8 Å². The second-order valence-electron chi connectivity index (χ2n) is 5.54. The van der Waals surface area contributed by atoms with Crippen molar-refractivity contribution < 1.29 is 17.6 Å². The molecular weight excluding hydrogens is 340 g/mol. The van der Waals surface area contributed by atoms with Gasteiger partial charge in [0.05, 0.1) is 11.2 Å². The minimum atomic E-state index is -3.50. The molecule has 6 nitrogen and oxygen atoms in total. The van der Waals surface area contributed by atoms with Crippen LogP contribution < -0.4 is 5.32 Å². The van der Waals surface area contributed by atoms with E-state index in [4.69, 9.17) is 4.42 Å². The van der Waals surface area contributed by atoms with Gasteiger partial charge in [-0.05, 0) is 48.9 Å². The van der Waals surface area contributed by atoms with Gasteiger partial charge in [0.1, 0.15) is 5.76 Å². The van der Waals surface area contributed by atoms with Gasteiger partial charge in [-0.1, -0.05) is 13.3 Å². The fourth-order valence-corrected chi connectivity index (χ4v) is 3.33. The Bertz CT molecular complexity index is 809. The molecule has 2 rings (SSSR count). The monoisotopic (exact) mass is 362 g/mol. The molecule has 0 aliphatic carbocycles. The number of anilines is 1. The highest BCUT2D eigenvalue weighted by molar-refractivity contribution is 7.89. The Labute approximate surface area is 148 Å². The summed E-state index contributed by atoms with van der Waals surface area (Å²) in [6.45, 7) is 2.49. The molecule has 1 heterocycles. The van der Waals surface area contributed by atoms with Crippen LogP contribution in [0.4, 0.5) is 5.69 Å². The fraction of sp³-hybridized carbons (Fsp3) is 0.278. The molecule has 0 saturated carbocycles. The minimum absolute atomic E-state index is 0.204. The van der Waals surface area contributed by atoms with Crippen molar-refractivity contribution in [2.75, 3.05) is 18.9 Å². The van der Waals surface area contributed by atoms with Crippen LogP contribution in [0.3, 0.4) is 0 Å². The van der Waals surface area contributed by atoms with Crippen molar-refractivity contribution in [3.05, 3.63) is 54.5 Å². The number of carbonyl (C=O) groups is 1. The summed E-state index contributed by atoms with van der Waals surface area (Å²) >= 11 is 0. The van der Waals surface area contributed by atoms with E-state index in [1.54, 1.807) is 37.4 Å². The number of benzene rings is 1. The van der Waals surface area contributed by atoms with Crippen molar-refractivity contribution in [1.82, 2.24) is 4.31 Å². The Kier molecular flexibility index (Phi) is 6.55. The lowest BCUT2D eigenvalue weighted by atomic mass is 10.3. The highest BCUT2D eigenvalue weighted by Crippen LogP contribution is 2.18. The predicted molar refractivity (Wildman–Crippen MR) is 97.5 cm³/mol. The molecule has 0 aliphatic heterocycles. The second kappa shape index (κ2) is 8.64. The molecule has 0 fully saturated rings. The number of carbonyl (C=O) groups excluding carboxylic acids is 1. The van der Waals surface area contributed by atoms with Gasteiger partial charge in [-0.2, -0.15) is 0 Å². The average molecular weight is 362 g/mol. The molecule has 1 N–H and O–H groups in total. The van der Waals surface area contributed by atoms with Crippen LogP contribution in [0.5, 0.6) is 0 Å². The lowest BCUT2D eigenvalue weighted by molar-refractivity contribution is -0.111. The van der Waals surface area contributed by atoms with Crippen molar-refractivity contribution in [2.45, 2.75) is 24.7 Å². The molecule has 1 aromatic carbocycles. The van der Waals surface area contributed by atoms with Crippen LogP contribution in [0, 0.1) is 0 Å². The number of hydrogen-bond acceptors (Lipinski definition) is 4. The van der Waals surface area contributed by atoms with Crippen LogP contribution in [0.2, 0.25) is 0 Å². The molecule has 0 aliphatic rings. The lowest BCUT2D eigenvalue weighted by Crippen LogP contribution is -2.27. The van der Waals surface area contributed by atoms with Gasteiger partial charge in [-0.25, -0.2) is 12.7 Å². The molecule has 0 atom stereocenters. The van der Waals surface area contributed by atoms with Gasteiger partial charge >= 0.3 is 0 Å². The summed E-state index contributed by atoms with van der Waals surface area (Å²) in [5, 5.41) is 2.67. The van der Waals surface area contributed by atoms with Gasteiger partial charge < -0.3 is 9.73 Å². The Morgan fingerprint density at radius 3 is 2.56 bits per heavy atom. The van der Waals surface area contributed by atoms with Crippen LogP contribution in [0.1, 0.15) is 25.5 Å². The molecule has 25 heavy (non-hydrogen) atoms. The molecule has 0 bridgehead atoms. The van der Waals surface area contributed by atoms with Gasteiger partial charge in [-0.15, -0.1) is 0 Å². The maximum Gasteiger partial charge on any atom is 0.248 e. The second-order valence-corrected chi connectivity index (χ2v) is 7.59. The largest absolute Gasteiger partial charge is 0.465 e. The minimum Gasteiger partial charge on any atom is -0.465 e. The zero-order valence-corrected chi connectivity index (χ0v) is 15.1. The van der Waals surface area contributed by atoms with Gasteiger partial charge in [0, 0.05) is 25.4 Å². The van der Waals surface area contributed by atoms with E-state index in [0.29, 0.717) is 18.0 Å². The maximum absolute atomic E-state index is 12.4. The van der Waals surface area contributed by atoms with Crippen LogP contribution in [0.15, 0.2) is 58.1 Å². The van der Waals surface area contributed by atoms with Crippen molar-refractivity contribution in [1.29, 1.82) is 0 Å². The molecule has 1 aromatic heterocycles. The number of amides is 1. The number of nitrogens with zero attached hydrogens (tertiary/aromatic N) is 1. The fourth-order valence-electron chi connectivity index (χ4n) is 2.12. The Morgan fingerprint density at radius 1 is 1.24 bits per heavy atom. The van der Waals surface area contributed by atoms with Crippen molar-refractivity contribution in [3.8, 4) is 0 Å². The smallest absolute Gasteiger partial charge is 0.248 e. The van der Waals surface area contributed by atoms with Crippen molar-refractivity contribution >= 4 is 27.7 Å². The standard InChI is InChI=1S/C18H22N2O4S/c1-3-4-13-20(2)25(22,23)17-10-7-15(8-11-17)19-18(21)12-9-16-6-5-14-24-16/h5-12,14H,3-4,13H2,1-2H3,(H,19,21)/b12-9+. The molecule has 0 spiro atoms. The number of sulfonamides is 1. The first-order valence-corrected chi connectivity index (χ1v) is 9.46. The summed E-state index contributed by atoms with van der Waals surface area (Å²) in [5.74, 6) is 0.249. The van der Waals surface area contributed by atoms with E-state index < -0.39 is 10.0 Å². The van der Waals surface area contributed by atoms with E-state index in [9.17, 15) is 13.2 Å². The first-order chi connectivity index (χ1) is 11.9. The third-order valence-electron chi connectivity index (χ3n) is 3.60. The van der Waals surface area contributed by atoms with Crippen LogP contribution in [0.25, 0.3) is 6.08 Å². The number of unbranched alkanes of at least 4 members (excludes halogenated alkanes) is 1. The quantitative estimate of drug-likeness (QED) is 0.730. The summed E-state index contributed by atoms with van der Waals surface area (Å²) < 4.78 is 31.3. The van der Waals surface area contributed by atoms with Gasteiger partial charge in [-0.3, -0.25) is 4.79 Å². The number of rotatable bonds is 8. The first kappa shape index (κ1) is 19.0. The first-order valence-electron chi connectivity index (χ1n) is 8.02. The Hall–Kier alpha value is -2.38. The lowest BCUT2D eigenvalue weighted by Gasteiger charge is -2.17. The van der Waals surface area contributed by atoms with E-state index in [-0.39, 0.29) is 10.8 Å². The topological polar surface area (TPSA) is 79.6 Å².